The number of carbonyl (C=O) groups is 1. The molecule has 1 aromatic heterocycles. The van der Waals surface area contributed by atoms with Crippen molar-refractivity contribution >= 4 is 5.78 Å². The van der Waals surface area contributed by atoms with E-state index >= 15 is 0 Å². The normalized spacial score (nSPS) is 10.1. The summed E-state index contributed by atoms with van der Waals surface area (Å²) in [6.07, 6.45) is 5.91. The lowest BCUT2D eigenvalue weighted by Crippen LogP contribution is -2.08. The fourth-order valence-corrected chi connectivity index (χ4v) is 1.26. The molecule has 0 atom stereocenters. The Kier molecular flexibility index (Phi) is 4.86. The van der Waals surface area contributed by atoms with Crippen molar-refractivity contribution in [1.82, 2.24) is 10.3 Å². The smallest absolute Gasteiger partial charge is 0.164 e. The molecule has 1 heterocycles. The Morgan fingerprint density at radius 1 is 1.50 bits per heavy atom. The van der Waals surface area contributed by atoms with Crippen molar-refractivity contribution in [2.24, 2.45) is 0 Å². The Labute approximate surface area is 84.6 Å². The van der Waals surface area contributed by atoms with Crippen LogP contribution in [0.25, 0.3) is 0 Å². The summed E-state index contributed by atoms with van der Waals surface area (Å²) in [5, 5.41) is 3.06. The number of hydrogen-bond acceptors (Lipinski definition) is 3. The van der Waals surface area contributed by atoms with Crippen LogP contribution in [0.15, 0.2) is 24.5 Å². The van der Waals surface area contributed by atoms with Gasteiger partial charge in [-0.25, -0.2) is 0 Å². The van der Waals surface area contributed by atoms with E-state index < -0.39 is 0 Å². The molecular formula is C11H16N2O. The van der Waals surface area contributed by atoms with Gasteiger partial charge in [0.25, 0.3) is 0 Å². The van der Waals surface area contributed by atoms with Gasteiger partial charge in [-0.2, -0.15) is 0 Å². The summed E-state index contributed by atoms with van der Waals surface area (Å²) in [5.74, 6) is 0.189. The van der Waals surface area contributed by atoms with Gasteiger partial charge in [0.15, 0.2) is 5.78 Å². The van der Waals surface area contributed by atoms with Crippen LogP contribution in [0.4, 0.5) is 0 Å². The Hall–Kier alpha value is -1.22. The molecule has 1 N–H and O–H groups in total. The number of rotatable bonds is 6. The van der Waals surface area contributed by atoms with Gasteiger partial charge in [0.05, 0.1) is 0 Å². The second kappa shape index (κ2) is 6.27. The van der Waals surface area contributed by atoms with Crippen molar-refractivity contribution in [1.29, 1.82) is 0 Å². The van der Waals surface area contributed by atoms with Gasteiger partial charge in [-0.15, -0.1) is 0 Å². The lowest BCUT2D eigenvalue weighted by molar-refractivity contribution is 0.0979. The van der Waals surface area contributed by atoms with E-state index in [0.717, 1.165) is 24.9 Å². The third kappa shape index (κ3) is 3.66. The van der Waals surface area contributed by atoms with E-state index in [9.17, 15) is 4.79 Å². The molecule has 0 saturated heterocycles. The number of carbonyl (C=O) groups excluding carboxylic acids is 1. The van der Waals surface area contributed by atoms with Gasteiger partial charge >= 0.3 is 0 Å². The molecule has 0 aromatic carbocycles. The standard InChI is InChI=1S/C11H16N2O/c1-12-7-3-2-6-11(14)10-5-4-8-13-9-10/h4-5,8-9,12H,2-3,6-7H2,1H3. The molecule has 0 fully saturated rings. The van der Waals surface area contributed by atoms with E-state index in [0.29, 0.717) is 6.42 Å². The lowest BCUT2D eigenvalue weighted by Gasteiger charge is -2.00. The average Bonchev–Trinajstić information content (AvgIpc) is 2.25. The van der Waals surface area contributed by atoms with Gasteiger partial charge in [0.1, 0.15) is 0 Å². The highest BCUT2D eigenvalue weighted by Crippen LogP contribution is 2.04. The quantitative estimate of drug-likeness (QED) is 0.550. The van der Waals surface area contributed by atoms with Gasteiger partial charge < -0.3 is 5.32 Å². The van der Waals surface area contributed by atoms with E-state index in [-0.39, 0.29) is 5.78 Å². The maximum absolute atomic E-state index is 11.5. The Morgan fingerprint density at radius 3 is 3.00 bits per heavy atom. The van der Waals surface area contributed by atoms with Crippen molar-refractivity contribution in [3.05, 3.63) is 30.1 Å². The van der Waals surface area contributed by atoms with Crippen LogP contribution < -0.4 is 5.32 Å². The summed E-state index contributed by atoms with van der Waals surface area (Å²) in [7, 11) is 1.92. The highest BCUT2D eigenvalue weighted by atomic mass is 16.1. The van der Waals surface area contributed by atoms with Gasteiger partial charge in [-0.05, 0) is 38.6 Å². The van der Waals surface area contributed by atoms with Crippen molar-refractivity contribution in [2.75, 3.05) is 13.6 Å². The first-order valence-electron chi connectivity index (χ1n) is 4.92. The minimum absolute atomic E-state index is 0.189. The Morgan fingerprint density at radius 2 is 2.36 bits per heavy atom. The van der Waals surface area contributed by atoms with Gasteiger partial charge in [-0.3, -0.25) is 9.78 Å². The van der Waals surface area contributed by atoms with Crippen LogP contribution in [0.5, 0.6) is 0 Å². The number of nitrogens with one attached hydrogen (secondary N) is 1. The van der Waals surface area contributed by atoms with Crippen LogP contribution in [-0.4, -0.2) is 24.4 Å². The van der Waals surface area contributed by atoms with Crippen molar-refractivity contribution in [2.45, 2.75) is 19.3 Å². The summed E-state index contributed by atoms with van der Waals surface area (Å²) >= 11 is 0. The fraction of sp³-hybridized carbons (Fsp3) is 0.455. The second-order valence-corrected chi connectivity index (χ2v) is 3.23. The SMILES string of the molecule is CNCCCCC(=O)c1cccnc1. The first-order chi connectivity index (χ1) is 6.84. The lowest BCUT2D eigenvalue weighted by atomic mass is 10.1. The number of Topliss-reactive ketones (excluding diaryl/α,β-unsaturated/α-hetero) is 1. The van der Waals surface area contributed by atoms with Crippen molar-refractivity contribution in [3.63, 3.8) is 0 Å². The summed E-state index contributed by atoms with van der Waals surface area (Å²) in [5.41, 5.74) is 0.719. The zero-order valence-corrected chi connectivity index (χ0v) is 8.49. The molecule has 0 aliphatic carbocycles. The topological polar surface area (TPSA) is 42.0 Å². The van der Waals surface area contributed by atoms with Gasteiger partial charge in [0.2, 0.25) is 0 Å². The highest BCUT2D eigenvalue weighted by molar-refractivity contribution is 5.95. The summed E-state index contributed by atoms with van der Waals surface area (Å²) in [6, 6.07) is 3.61. The third-order valence-corrected chi connectivity index (χ3v) is 2.06. The third-order valence-electron chi connectivity index (χ3n) is 2.06. The van der Waals surface area contributed by atoms with Crippen LogP contribution in [0.1, 0.15) is 29.6 Å². The number of aromatic nitrogens is 1. The molecule has 0 aliphatic heterocycles. The molecule has 0 radical (unpaired) electrons. The fourth-order valence-electron chi connectivity index (χ4n) is 1.26. The first-order valence-corrected chi connectivity index (χ1v) is 4.92. The number of pyridine rings is 1. The molecule has 3 nitrogen and oxygen atoms in total. The van der Waals surface area contributed by atoms with E-state index in [1.165, 1.54) is 0 Å². The van der Waals surface area contributed by atoms with Crippen LogP contribution in [0.2, 0.25) is 0 Å². The highest BCUT2D eigenvalue weighted by Gasteiger charge is 2.03. The molecule has 0 aliphatic rings. The second-order valence-electron chi connectivity index (χ2n) is 3.23. The molecule has 76 valence electrons. The first kappa shape index (κ1) is 10.9. The van der Waals surface area contributed by atoms with Crippen LogP contribution >= 0.6 is 0 Å². The summed E-state index contributed by atoms with van der Waals surface area (Å²) < 4.78 is 0. The number of hydrogen-bond donors (Lipinski definition) is 1. The molecule has 0 saturated carbocycles. The minimum Gasteiger partial charge on any atom is -0.320 e. The van der Waals surface area contributed by atoms with E-state index in [1.54, 1.807) is 18.5 Å². The molecule has 1 rings (SSSR count). The zero-order valence-electron chi connectivity index (χ0n) is 8.49. The van der Waals surface area contributed by atoms with Crippen LogP contribution in [-0.2, 0) is 0 Å². The van der Waals surface area contributed by atoms with Crippen molar-refractivity contribution in [3.8, 4) is 0 Å². The van der Waals surface area contributed by atoms with Crippen LogP contribution in [0.3, 0.4) is 0 Å². The number of nitrogens with zero attached hydrogens (tertiary/aromatic N) is 1. The van der Waals surface area contributed by atoms with E-state index in [4.69, 9.17) is 0 Å². The molecule has 0 bridgehead atoms. The summed E-state index contributed by atoms with van der Waals surface area (Å²) in [6.45, 7) is 0.973. The molecule has 0 spiro atoms. The predicted octanol–water partition coefficient (Wildman–Crippen LogP) is 1.65. The monoisotopic (exact) mass is 192 g/mol. The minimum atomic E-state index is 0.189. The largest absolute Gasteiger partial charge is 0.320 e. The maximum atomic E-state index is 11.5. The Balaban J connectivity index is 2.29. The van der Waals surface area contributed by atoms with E-state index in [1.807, 2.05) is 13.1 Å². The molecule has 3 heteroatoms. The Bertz CT molecular complexity index is 272. The maximum Gasteiger partial charge on any atom is 0.164 e. The van der Waals surface area contributed by atoms with Gasteiger partial charge in [-0.1, -0.05) is 0 Å². The predicted molar refractivity (Wildman–Crippen MR) is 56.3 cm³/mol. The van der Waals surface area contributed by atoms with Crippen LogP contribution in [0, 0.1) is 0 Å². The molecule has 1 aromatic rings. The van der Waals surface area contributed by atoms with Gasteiger partial charge in [0, 0.05) is 24.4 Å². The average molecular weight is 192 g/mol. The molecule has 14 heavy (non-hydrogen) atoms. The number of unbranched alkanes of at least 4 members (excludes halogenated alkanes) is 1. The van der Waals surface area contributed by atoms with Crippen molar-refractivity contribution < 1.29 is 4.79 Å². The zero-order chi connectivity index (χ0) is 10.2. The molecule has 0 amide bonds. The molecule has 0 unspecified atom stereocenters. The van der Waals surface area contributed by atoms with E-state index in [2.05, 4.69) is 10.3 Å². The number of ketones is 1. The molecular weight excluding hydrogens is 176 g/mol. The summed E-state index contributed by atoms with van der Waals surface area (Å²) in [4.78, 5) is 15.5.